The molecule has 2 heterocycles. The zero-order valence-corrected chi connectivity index (χ0v) is 11.6. The number of aliphatic hydroxyl groups is 1. The molecule has 0 bridgehead atoms. The van der Waals surface area contributed by atoms with Crippen molar-refractivity contribution in [2.75, 3.05) is 18.1 Å². The van der Waals surface area contributed by atoms with Gasteiger partial charge in [-0.1, -0.05) is 20.8 Å². The van der Waals surface area contributed by atoms with Crippen molar-refractivity contribution in [2.45, 2.75) is 51.7 Å². The summed E-state index contributed by atoms with van der Waals surface area (Å²) in [7, 11) is 0. The van der Waals surface area contributed by atoms with Gasteiger partial charge in [0, 0.05) is 11.8 Å². The molecule has 3 unspecified atom stereocenters. The first-order valence-electron chi connectivity index (χ1n) is 6.45. The summed E-state index contributed by atoms with van der Waals surface area (Å²) in [5.74, 6) is 2.84. The largest absolute Gasteiger partial charge is 0.387 e. The van der Waals surface area contributed by atoms with Crippen LogP contribution in [0.15, 0.2) is 0 Å². The maximum Gasteiger partial charge on any atom is 0.0895 e. The number of hydrogen-bond donors (Lipinski definition) is 2. The van der Waals surface area contributed by atoms with Crippen LogP contribution >= 0.6 is 11.8 Å². The highest BCUT2D eigenvalue weighted by atomic mass is 32.2. The molecule has 0 amide bonds. The molecule has 0 aromatic carbocycles. The van der Waals surface area contributed by atoms with Crippen LogP contribution in [0.5, 0.6) is 0 Å². The SMILES string of the molecule is CC1CCNC(C2(O)CSCC(C)(C)C2)C1. The minimum absolute atomic E-state index is 0.278. The highest BCUT2D eigenvalue weighted by Crippen LogP contribution is 2.42. The summed E-state index contributed by atoms with van der Waals surface area (Å²) < 4.78 is 0. The van der Waals surface area contributed by atoms with Crippen molar-refractivity contribution in [1.82, 2.24) is 5.32 Å². The molecule has 3 atom stereocenters. The van der Waals surface area contributed by atoms with Crippen LogP contribution in [0.25, 0.3) is 0 Å². The summed E-state index contributed by atoms with van der Waals surface area (Å²) in [6.45, 7) is 7.92. The lowest BCUT2D eigenvalue weighted by atomic mass is 9.75. The average Bonchev–Trinajstić information content (AvgIpc) is 2.15. The van der Waals surface area contributed by atoms with Crippen LogP contribution in [-0.2, 0) is 0 Å². The molecule has 2 N–H and O–H groups in total. The maximum atomic E-state index is 10.9. The number of hydrogen-bond acceptors (Lipinski definition) is 3. The summed E-state index contributed by atoms with van der Waals surface area (Å²) in [5, 5.41) is 14.4. The number of rotatable bonds is 1. The molecule has 2 fully saturated rings. The van der Waals surface area contributed by atoms with Gasteiger partial charge in [0.2, 0.25) is 0 Å². The van der Waals surface area contributed by atoms with Crippen LogP contribution in [0.1, 0.15) is 40.0 Å². The Kier molecular flexibility index (Phi) is 3.58. The first kappa shape index (κ1) is 12.7. The van der Waals surface area contributed by atoms with E-state index in [-0.39, 0.29) is 5.41 Å². The zero-order chi connectivity index (χ0) is 11.8. The third kappa shape index (κ3) is 2.74. The Morgan fingerprint density at radius 1 is 1.31 bits per heavy atom. The van der Waals surface area contributed by atoms with Gasteiger partial charge in [0.15, 0.2) is 0 Å². The first-order chi connectivity index (χ1) is 7.41. The van der Waals surface area contributed by atoms with Crippen molar-refractivity contribution in [3.05, 3.63) is 0 Å². The number of piperidine rings is 1. The lowest BCUT2D eigenvalue weighted by Gasteiger charge is -2.47. The van der Waals surface area contributed by atoms with Gasteiger partial charge in [-0.15, -0.1) is 0 Å². The van der Waals surface area contributed by atoms with E-state index >= 15 is 0 Å². The van der Waals surface area contributed by atoms with Crippen molar-refractivity contribution in [3.63, 3.8) is 0 Å². The predicted molar refractivity (Wildman–Crippen MR) is 70.9 cm³/mol. The van der Waals surface area contributed by atoms with Gasteiger partial charge in [0.1, 0.15) is 0 Å². The molecule has 2 rings (SSSR count). The standard InChI is InChI=1S/C13H25NOS/c1-10-4-5-14-11(6-10)13(15)7-12(2,3)8-16-9-13/h10-11,14-15H,4-9H2,1-3H3. The Morgan fingerprint density at radius 2 is 2.06 bits per heavy atom. The quantitative estimate of drug-likeness (QED) is 0.741. The molecule has 0 spiro atoms. The van der Waals surface area contributed by atoms with Gasteiger partial charge in [-0.3, -0.25) is 0 Å². The van der Waals surface area contributed by atoms with E-state index in [1.54, 1.807) is 0 Å². The summed E-state index contributed by atoms with van der Waals surface area (Å²) in [5.41, 5.74) is -0.207. The van der Waals surface area contributed by atoms with E-state index in [0.29, 0.717) is 6.04 Å². The van der Waals surface area contributed by atoms with E-state index in [4.69, 9.17) is 0 Å². The fourth-order valence-electron chi connectivity index (χ4n) is 3.18. The van der Waals surface area contributed by atoms with Crippen molar-refractivity contribution >= 4 is 11.8 Å². The lowest BCUT2D eigenvalue weighted by Crippen LogP contribution is -2.59. The summed E-state index contributed by atoms with van der Waals surface area (Å²) in [6, 6.07) is 0.309. The maximum absolute atomic E-state index is 10.9. The molecule has 2 saturated heterocycles. The van der Waals surface area contributed by atoms with Gasteiger partial charge < -0.3 is 10.4 Å². The van der Waals surface area contributed by atoms with Gasteiger partial charge in [0.05, 0.1) is 5.60 Å². The van der Waals surface area contributed by atoms with Crippen molar-refractivity contribution in [3.8, 4) is 0 Å². The molecular formula is C13H25NOS. The van der Waals surface area contributed by atoms with Crippen LogP contribution in [-0.4, -0.2) is 34.8 Å². The molecule has 2 aliphatic heterocycles. The lowest BCUT2D eigenvalue weighted by molar-refractivity contribution is -0.0273. The van der Waals surface area contributed by atoms with Gasteiger partial charge in [-0.25, -0.2) is 0 Å². The van der Waals surface area contributed by atoms with Crippen LogP contribution in [0, 0.1) is 11.3 Å². The van der Waals surface area contributed by atoms with E-state index in [9.17, 15) is 5.11 Å². The molecule has 0 aromatic rings. The molecule has 2 aliphatic rings. The van der Waals surface area contributed by atoms with Crippen molar-refractivity contribution in [1.29, 1.82) is 0 Å². The van der Waals surface area contributed by atoms with Crippen LogP contribution in [0.2, 0.25) is 0 Å². The van der Waals surface area contributed by atoms with E-state index in [1.165, 1.54) is 12.2 Å². The molecular weight excluding hydrogens is 218 g/mol. The second-order valence-corrected chi connectivity index (χ2v) is 7.56. The van der Waals surface area contributed by atoms with Crippen LogP contribution in [0.4, 0.5) is 0 Å². The van der Waals surface area contributed by atoms with E-state index in [2.05, 4.69) is 26.1 Å². The number of nitrogens with one attached hydrogen (secondary N) is 1. The summed E-state index contributed by atoms with van der Waals surface area (Å²) in [4.78, 5) is 0. The molecule has 0 aromatic heterocycles. The van der Waals surface area contributed by atoms with Gasteiger partial charge in [-0.2, -0.15) is 11.8 Å². The monoisotopic (exact) mass is 243 g/mol. The van der Waals surface area contributed by atoms with Crippen molar-refractivity contribution < 1.29 is 5.11 Å². The second kappa shape index (κ2) is 4.51. The molecule has 0 saturated carbocycles. The van der Waals surface area contributed by atoms with Crippen LogP contribution in [0.3, 0.4) is 0 Å². The summed E-state index contributed by atoms with van der Waals surface area (Å²) >= 11 is 1.91. The Labute approximate surface area is 104 Å². The van der Waals surface area contributed by atoms with E-state index in [1.807, 2.05) is 11.8 Å². The Balaban J connectivity index is 2.05. The third-order valence-corrected chi connectivity index (χ3v) is 5.63. The fraction of sp³-hybridized carbons (Fsp3) is 1.00. The second-order valence-electron chi connectivity index (χ2n) is 6.57. The third-order valence-electron chi connectivity index (χ3n) is 3.94. The average molecular weight is 243 g/mol. The molecule has 0 aliphatic carbocycles. The van der Waals surface area contributed by atoms with E-state index in [0.717, 1.165) is 31.1 Å². The van der Waals surface area contributed by atoms with Crippen LogP contribution < -0.4 is 5.32 Å². The molecule has 2 nitrogen and oxygen atoms in total. The Bertz CT molecular complexity index is 256. The Hall–Kier alpha value is 0.270. The fourth-order valence-corrected chi connectivity index (χ4v) is 4.59. The smallest absolute Gasteiger partial charge is 0.0895 e. The van der Waals surface area contributed by atoms with Gasteiger partial charge >= 0.3 is 0 Å². The van der Waals surface area contributed by atoms with Crippen molar-refractivity contribution in [2.24, 2.45) is 11.3 Å². The van der Waals surface area contributed by atoms with Gasteiger partial charge in [-0.05, 0) is 42.9 Å². The minimum Gasteiger partial charge on any atom is -0.387 e. The zero-order valence-electron chi connectivity index (χ0n) is 10.8. The highest BCUT2D eigenvalue weighted by molar-refractivity contribution is 7.99. The highest BCUT2D eigenvalue weighted by Gasteiger charge is 2.45. The molecule has 0 radical (unpaired) electrons. The predicted octanol–water partition coefficient (Wildman–Crippen LogP) is 2.27. The topological polar surface area (TPSA) is 32.3 Å². The molecule has 16 heavy (non-hydrogen) atoms. The first-order valence-corrected chi connectivity index (χ1v) is 7.60. The minimum atomic E-state index is -0.485. The summed E-state index contributed by atoms with van der Waals surface area (Å²) in [6.07, 6.45) is 3.33. The van der Waals surface area contributed by atoms with Gasteiger partial charge in [0.25, 0.3) is 0 Å². The Morgan fingerprint density at radius 3 is 2.69 bits per heavy atom. The molecule has 3 heteroatoms. The number of thioether (sulfide) groups is 1. The normalized spacial score (nSPS) is 44.2. The van der Waals surface area contributed by atoms with E-state index < -0.39 is 5.60 Å². The molecule has 94 valence electrons.